The number of benzene rings is 2. The van der Waals surface area contributed by atoms with Crippen LogP contribution in [0.15, 0.2) is 48.5 Å². The third kappa shape index (κ3) is 3.93. The summed E-state index contributed by atoms with van der Waals surface area (Å²) in [6.07, 6.45) is 0.918. The maximum Gasteiger partial charge on any atom is 0.306 e. The van der Waals surface area contributed by atoms with E-state index in [-0.39, 0.29) is 12.6 Å². The van der Waals surface area contributed by atoms with Gasteiger partial charge in [0.1, 0.15) is 11.6 Å². The summed E-state index contributed by atoms with van der Waals surface area (Å²) >= 11 is 1.54. The zero-order valence-corrected chi connectivity index (χ0v) is 13.2. The number of ether oxygens (including phenoxy) is 1. The molecule has 0 radical (unpaired) electrons. The number of rotatable bonds is 5. The molecule has 5 heteroatoms. The predicted octanol–water partition coefficient (Wildman–Crippen LogP) is 3.84. The number of aryl methyl sites for hydroxylation is 1. The Hall–Kier alpha value is -2.71. The molecule has 0 aliphatic carbocycles. The van der Waals surface area contributed by atoms with Gasteiger partial charge in [0, 0.05) is 6.42 Å². The Balaban J connectivity index is 1.50. The van der Waals surface area contributed by atoms with Crippen molar-refractivity contribution in [2.75, 3.05) is 0 Å². The van der Waals surface area contributed by atoms with Crippen molar-refractivity contribution in [2.24, 2.45) is 0 Å². The molecule has 0 fully saturated rings. The normalized spacial score (nSPS) is 10.4. The van der Waals surface area contributed by atoms with Gasteiger partial charge in [-0.2, -0.15) is 5.26 Å². The molecule has 3 aromatic rings. The first-order chi connectivity index (χ1) is 11.2. The van der Waals surface area contributed by atoms with Gasteiger partial charge in [0.15, 0.2) is 0 Å². The summed E-state index contributed by atoms with van der Waals surface area (Å²) in [5, 5.41) is 9.55. The summed E-state index contributed by atoms with van der Waals surface area (Å²) in [6, 6.07) is 17.2. The van der Waals surface area contributed by atoms with Gasteiger partial charge in [-0.1, -0.05) is 24.3 Å². The fourth-order valence-corrected chi connectivity index (χ4v) is 3.07. The zero-order valence-electron chi connectivity index (χ0n) is 12.4. The quantitative estimate of drug-likeness (QED) is 0.669. The van der Waals surface area contributed by atoms with E-state index < -0.39 is 0 Å². The molecule has 0 aliphatic rings. The Morgan fingerprint density at radius 3 is 2.70 bits per heavy atom. The molecular weight excluding hydrogens is 308 g/mol. The number of aromatic nitrogens is 1. The van der Waals surface area contributed by atoms with Gasteiger partial charge in [0.25, 0.3) is 0 Å². The lowest BCUT2D eigenvalue weighted by atomic mass is 10.1. The van der Waals surface area contributed by atoms with Gasteiger partial charge in [-0.05, 0) is 36.2 Å². The summed E-state index contributed by atoms with van der Waals surface area (Å²) in [6.45, 7) is 0.214. The maximum atomic E-state index is 11.8. The molecule has 23 heavy (non-hydrogen) atoms. The molecule has 2 aromatic carbocycles. The van der Waals surface area contributed by atoms with E-state index in [1.165, 1.54) is 11.3 Å². The topological polar surface area (TPSA) is 63.0 Å². The van der Waals surface area contributed by atoms with Crippen LogP contribution >= 0.6 is 11.3 Å². The van der Waals surface area contributed by atoms with Gasteiger partial charge in [0.05, 0.1) is 21.8 Å². The van der Waals surface area contributed by atoms with E-state index >= 15 is 0 Å². The van der Waals surface area contributed by atoms with E-state index in [9.17, 15) is 4.79 Å². The third-order valence-electron chi connectivity index (χ3n) is 3.40. The average molecular weight is 322 g/mol. The highest BCUT2D eigenvalue weighted by Gasteiger charge is 2.08. The van der Waals surface area contributed by atoms with Crippen molar-refractivity contribution in [1.29, 1.82) is 5.26 Å². The lowest BCUT2D eigenvalue weighted by Crippen LogP contribution is -2.05. The van der Waals surface area contributed by atoms with E-state index in [0.29, 0.717) is 18.4 Å². The molecule has 0 saturated heterocycles. The first kappa shape index (κ1) is 15.2. The van der Waals surface area contributed by atoms with Crippen LogP contribution in [0.3, 0.4) is 0 Å². The molecule has 4 nitrogen and oxygen atoms in total. The van der Waals surface area contributed by atoms with Crippen LogP contribution in [0.2, 0.25) is 0 Å². The third-order valence-corrected chi connectivity index (χ3v) is 4.41. The number of carbonyl (C=O) groups is 1. The summed E-state index contributed by atoms with van der Waals surface area (Å²) in [5.41, 5.74) is 2.56. The highest BCUT2D eigenvalue weighted by Crippen LogP contribution is 2.22. The van der Waals surface area contributed by atoms with Gasteiger partial charge >= 0.3 is 5.97 Å². The Labute approximate surface area is 138 Å². The van der Waals surface area contributed by atoms with E-state index in [1.54, 1.807) is 12.1 Å². The SMILES string of the molecule is N#Cc1ccc(CCC(=O)OCc2nc3ccccc3s2)cc1. The van der Waals surface area contributed by atoms with Crippen LogP contribution in [-0.4, -0.2) is 11.0 Å². The first-order valence-corrected chi connectivity index (χ1v) is 8.05. The minimum atomic E-state index is -0.242. The van der Waals surface area contributed by atoms with E-state index in [1.807, 2.05) is 36.4 Å². The number of hydrogen-bond acceptors (Lipinski definition) is 5. The lowest BCUT2D eigenvalue weighted by Gasteiger charge is -2.03. The summed E-state index contributed by atoms with van der Waals surface area (Å²) in [4.78, 5) is 16.3. The zero-order chi connectivity index (χ0) is 16.1. The number of fused-ring (bicyclic) bond motifs is 1. The Morgan fingerprint density at radius 1 is 1.17 bits per heavy atom. The van der Waals surface area contributed by atoms with Crippen LogP contribution in [0.5, 0.6) is 0 Å². The smallest absolute Gasteiger partial charge is 0.306 e. The Kier molecular flexibility index (Phi) is 4.65. The van der Waals surface area contributed by atoms with Crippen molar-refractivity contribution in [3.63, 3.8) is 0 Å². The second kappa shape index (κ2) is 7.03. The molecule has 3 rings (SSSR count). The van der Waals surface area contributed by atoms with Crippen LogP contribution < -0.4 is 0 Å². The van der Waals surface area contributed by atoms with Crippen molar-refractivity contribution in [3.05, 3.63) is 64.7 Å². The molecule has 0 saturated carbocycles. The molecule has 0 spiro atoms. The van der Waals surface area contributed by atoms with Crippen LogP contribution in [0.1, 0.15) is 22.6 Å². The molecule has 1 aromatic heterocycles. The number of hydrogen-bond donors (Lipinski definition) is 0. The number of para-hydroxylation sites is 1. The minimum Gasteiger partial charge on any atom is -0.458 e. The lowest BCUT2D eigenvalue weighted by molar-refractivity contribution is -0.144. The van der Waals surface area contributed by atoms with Gasteiger partial charge in [0.2, 0.25) is 0 Å². The molecule has 114 valence electrons. The van der Waals surface area contributed by atoms with E-state index in [0.717, 1.165) is 20.8 Å². The van der Waals surface area contributed by atoms with Crippen LogP contribution in [-0.2, 0) is 22.6 Å². The van der Waals surface area contributed by atoms with E-state index in [4.69, 9.17) is 10.00 Å². The molecular formula is C18H14N2O2S. The predicted molar refractivity (Wildman–Crippen MR) is 88.9 cm³/mol. The van der Waals surface area contributed by atoms with Gasteiger partial charge in [-0.15, -0.1) is 11.3 Å². The second-order valence-electron chi connectivity index (χ2n) is 5.04. The molecule has 1 heterocycles. The largest absolute Gasteiger partial charge is 0.458 e. The monoisotopic (exact) mass is 322 g/mol. The molecule has 0 N–H and O–H groups in total. The summed E-state index contributed by atoms with van der Waals surface area (Å²) < 4.78 is 6.37. The fraction of sp³-hybridized carbons (Fsp3) is 0.167. The van der Waals surface area contributed by atoms with Crippen molar-refractivity contribution in [3.8, 4) is 6.07 Å². The van der Waals surface area contributed by atoms with Gasteiger partial charge in [-0.25, -0.2) is 4.98 Å². The highest BCUT2D eigenvalue weighted by atomic mass is 32.1. The minimum absolute atomic E-state index is 0.214. The number of carbonyl (C=O) groups excluding carboxylic acids is 1. The fourth-order valence-electron chi connectivity index (χ4n) is 2.19. The van der Waals surface area contributed by atoms with Crippen molar-refractivity contribution in [2.45, 2.75) is 19.4 Å². The second-order valence-corrected chi connectivity index (χ2v) is 6.16. The molecule has 0 bridgehead atoms. The van der Waals surface area contributed by atoms with Gasteiger partial charge < -0.3 is 4.74 Å². The van der Waals surface area contributed by atoms with Gasteiger partial charge in [-0.3, -0.25) is 4.79 Å². The number of thiazole rings is 1. The van der Waals surface area contributed by atoms with Crippen LogP contribution in [0.25, 0.3) is 10.2 Å². The van der Waals surface area contributed by atoms with Crippen molar-refractivity contribution >= 4 is 27.5 Å². The van der Waals surface area contributed by atoms with E-state index in [2.05, 4.69) is 11.1 Å². The van der Waals surface area contributed by atoms with Crippen LogP contribution in [0.4, 0.5) is 0 Å². The molecule has 0 atom stereocenters. The Morgan fingerprint density at radius 2 is 1.96 bits per heavy atom. The first-order valence-electron chi connectivity index (χ1n) is 7.24. The number of nitrogens with zero attached hydrogens (tertiary/aromatic N) is 2. The maximum absolute atomic E-state index is 11.8. The molecule has 0 unspecified atom stereocenters. The highest BCUT2D eigenvalue weighted by molar-refractivity contribution is 7.18. The average Bonchev–Trinajstić information content (AvgIpc) is 3.01. The Bertz CT molecular complexity index is 830. The van der Waals surface area contributed by atoms with Crippen molar-refractivity contribution in [1.82, 2.24) is 4.98 Å². The molecule has 0 aliphatic heterocycles. The summed E-state index contributed by atoms with van der Waals surface area (Å²) in [5.74, 6) is -0.242. The summed E-state index contributed by atoms with van der Waals surface area (Å²) in [7, 11) is 0. The number of nitriles is 1. The standard InChI is InChI=1S/C18H14N2O2S/c19-11-14-7-5-13(6-8-14)9-10-18(21)22-12-17-20-15-3-1-2-4-16(15)23-17/h1-8H,9-10,12H2. The number of esters is 1. The van der Waals surface area contributed by atoms with Crippen LogP contribution in [0, 0.1) is 11.3 Å². The van der Waals surface area contributed by atoms with Crippen molar-refractivity contribution < 1.29 is 9.53 Å². The molecule has 0 amide bonds.